The van der Waals surface area contributed by atoms with E-state index in [1.807, 2.05) is 0 Å². The third kappa shape index (κ3) is 3.34. The first kappa shape index (κ1) is 13.6. The number of hydrogen-bond donors (Lipinski definition) is 1. The van der Waals surface area contributed by atoms with Crippen molar-refractivity contribution in [1.29, 1.82) is 0 Å². The summed E-state index contributed by atoms with van der Waals surface area (Å²) in [5.74, 6) is 0.139. The van der Waals surface area contributed by atoms with Crippen molar-refractivity contribution in [2.75, 3.05) is 32.2 Å². The van der Waals surface area contributed by atoms with Gasteiger partial charge in [-0.05, 0) is 18.8 Å². The maximum Gasteiger partial charge on any atom is 0.351 e. The standard InChI is InChI=1S/C11H15ClN2O3S/c1-16-10(15)8-9(12)14-11(18-8)13-6-7-2-4-17-5-3-7/h7H,2-6H2,1H3,(H,13,14). The average Bonchev–Trinajstić information content (AvgIpc) is 2.78. The number of anilines is 1. The topological polar surface area (TPSA) is 60.5 Å². The van der Waals surface area contributed by atoms with Gasteiger partial charge in [0.25, 0.3) is 0 Å². The molecule has 2 rings (SSSR count). The smallest absolute Gasteiger partial charge is 0.351 e. The van der Waals surface area contributed by atoms with Crippen LogP contribution in [0.25, 0.3) is 0 Å². The summed E-state index contributed by atoms with van der Waals surface area (Å²) < 4.78 is 9.93. The number of methoxy groups -OCH3 is 1. The fourth-order valence-corrected chi connectivity index (χ4v) is 2.89. The average molecular weight is 291 g/mol. The van der Waals surface area contributed by atoms with Crippen molar-refractivity contribution in [1.82, 2.24) is 4.98 Å². The van der Waals surface area contributed by atoms with Crippen molar-refractivity contribution < 1.29 is 14.3 Å². The number of carbonyl (C=O) groups excluding carboxylic acids is 1. The fourth-order valence-electron chi connectivity index (χ4n) is 1.78. The second kappa shape index (κ2) is 6.36. The van der Waals surface area contributed by atoms with Crippen LogP contribution >= 0.6 is 22.9 Å². The number of rotatable bonds is 4. The summed E-state index contributed by atoms with van der Waals surface area (Å²) in [6.07, 6.45) is 2.10. The molecule has 18 heavy (non-hydrogen) atoms. The van der Waals surface area contributed by atoms with Crippen molar-refractivity contribution >= 4 is 34.0 Å². The number of esters is 1. The van der Waals surface area contributed by atoms with Crippen LogP contribution in [0.4, 0.5) is 5.13 Å². The molecule has 7 heteroatoms. The van der Waals surface area contributed by atoms with Crippen molar-refractivity contribution in [3.05, 3.63) is 10.0 Å². The molecule has 0 radical (unpaired) electrons. The third-order valence-electron chi connectivity index (χ3n) is 2.84. The lowest BCUT2D eigenvalue weighted by Crippen LogP contribution is -2.22. The minimum absolute atomic E-state index is 0.196. The minimum atomic E-state index is -0.448. The van der Waals surface area contributed by atoms with Crippen LogP contribution in [0, 0.1) is 5.92 Å². The van der Waals surface area contributed by atoms with Crippen LogP contribution in [0.1, 0.15) is 22.5 Å². The molecule has 1 fully saturated rings. The number of thiazole rings is 1. The SMILES string of the molecule is COC(=O)c1sc(NCC2CCOCC2)nc1Cl. The Bertz CT molecular complexity index is 418. The van der Waals surface area contributed by atoms with Gasteiger partial charge in [-0.25, -0.2) is 9.78 Å². The third-order valence-corrected chi connectivity index (χ3v) is 4.22. The van der Waals surface area contributed by atoms with Crippen LogP contribution in [0.5, 0.6) is 0 Å². The van der Waals surface area contributed by atoms with Crippen LogP contribution in [0.2, 0.25) is 5.15 Å². The van der Waals surface area contributed by atoms with Crippen molar-refractivity contribution in [3.8, 4) is 0 Å². The summed E-state index contributed by atoms with van der Waals surface area (Å²) in [6, 6.07) is 0. The Labute approximate surface area is 114 Å². The van der Waals surface area contributed by atoms with Gasteiger partial charge in [-0.15, -0.1) is 0 Å². The van der Waals surface area contributed by atoms with Crippen LogP contribution in [-0.4, -0.2) is 37.8 Å². The second-order valence-corrected chi connectivity index (χ2v) is 5.42. The Kier molecular flexibility index (Phi) is 4.79. The van der Waals surface area contributed by atoms with E-state index >= 15 is 0 Å². The Balaban J connectivity index is 1.91. The van der Waals surface area contributed by atoms with Gasteiger partial charge in [0.15, 0.2) is 15.2 Å². The van der Waals surface area contributed by atoms with Crippen LogP contribution in [0.3, 0.4) is 0 Å². The van der Waals surface area contributed by atoms with E-state index in [0.717, 1.165) is 32.6 Å². The highest BCUT2D eigenvalue weighted by Crippen LogP contribution is 2.28. The molecule has 1 aliphatic rings. The number of ether oxygens (including phenoxy) is 2. The summed E-state index contributed by atoms with van der Waals surface area (Å²) in [5, 5.41) is 4.07. The maximum absolute atomic E-state index is 11.4. The van der Waals surface area contributed by atoms with Crippen LogP contribution in [-0.2, 0) is 9.47 Å². The van der Waals surface area contributed by atoms with E-state index in [0.29, 0.717) is 15.9 Å². The number of hydrogen-bond acceptors (Lipinski definition) is 6. The summed E-state index contributed by atoms with van der Waals surface area (Å²) in [7, 11) is 1.33. The van der Waals surface area contributed by atoms with E-state index in [2.05, 4.69) is 15.0 Å². The highest BCUT2D eigenvalue weighted by Gasteiger charge is 2.18. The molecular weight excluding hydrogens is 276 g/mol. The number of halogens is 1. The highest BCUT2D eigenvalue weighted by atomic mass is 35.5. The molecule has 0 atom stereocenters. The predicted octanol–water partition coefficient (Wildman–Crippen LogP) is 2.42. The first-order chi connectivity index (χ1) is 8.70. The van der Waals surface area contributed by atoms with Gasteiger partial charge in [0.1, 0.15) is 0 Å². The molecule has 1 aromatic heterocycles. The zero-order valence-electron chi connectivity index (χ0n) is 10.1. The number of nitrogens with zero attached hydrogens (tertiary/aromatic N) is 1. The Morgan fingerprint density at radius 1 is 1.61 bits per heavy atom. The molecule has 0 aromatic carbocycles. The van der Waals surface area contributed by atoms with E-state index in [1.54, 1.807) is 0 Å². The van der Waals surface area contributed by atoms with Gasteiger partial charge in [-0.1, -0.05) is 22.9 Å². The lowest BCUT2D eigenvalue weighted by Gasteiger charge is -2.21. The van der Waals surface area contributed by atoms with Crippen molar-refractivity contribution in [2.24, 2.45) is 5.92 Å². The molecule has 1 N–H and O–H groups in total. The van der Waals surface area contributed by atoms with Crippen molar-refractivity contribution in [2.45, 2.75) is 12.8 Å². The molecule has 100 valence electrons. The number of nitrogens with one attached hydrogen (secondary N) is 1. The first-order valence-electron chi connectivity index (χ1n) is 5.77. The largest absolute Gasteiger partial charge is 0.465 e. The van der Waals surface area contributed by atoms with Gasteiger partial charge >= 0.3 is 5.97 Å². The quantitative estimate of drug-likeness (QED) is 0.863. The zero-order chi connectivity index (χ0) is 13.0. The van der Waals surface area contributed by atoms with Crippen LogP contribution in [0.15, 0.2) is 0 Å². The summed E-state index contributed by atoms with van der Waals surface area (Å²) in [5.41, 5.74) is 0. The molecule has 0 aliphatic carbocycles. The van der Waals surface area contributed by atoms with Crippen LogP contribution < -0.4 is 5.32 Å². The molecule has 0 saturated carbocycles. The molecule has 1 aromatic rings. The lowest BCUT2D eigenvalue weighted by atomic mass is 10.0. The molecule has 0 unspecified atom stereocenters. The first-order valence-corrected chi connectivity index (χ1v) is 6.96. The monoisotopic (exact) mass is 290 g/mol. The molecule has 0 spiro atoms. The van der Waals surface area contributed by atoms with E-state index in [-0.39, 0.29) is 5.15 Å². The molecule has 0 amide bonds. The van der Waals surface area contributed by atoms with Gasteiger partial charge in [-0.2, -0.15) is 0 Å². The summed E-state index contributed by atoms with van der Waals surface area (Å²) in [6.45, 7) is 2.46. The Morgan fingerprint density at radius 3 is 3.00 bits per heavy atom. The normalized spacial score (nSPS) is 16.6. The van der Waals surface area contributed by atoms with Gasteiger partial charge in [-0.3, -0.25) is 0 Å². The van der Waals surface area contributed by atoms with Crippen molar-refractivity contribution in [3.63, 3.8) is 0 Å². The predicted molar refractivity (Wildman–Crippen MR) is 70.5 cm³/mol. The van der Waals surface area contributed by atoms with E-state index in [1.165, 1.54) is 18.4 Å². The van der Waals surface area contributed by atoms with Gasteiger partial charge in [0, 0.05) is 19.8 Å². The minimum Gasteiger partial charge on any atom is -0.465 e. The highest BCUT2D eigenvalue weighted by molar-refractivity contribution is 7.18. The zero-order valence-corrected chi connectivity index (χ0v) is 11.6. The van der Waals surface area contributed by atoms with E-state index < -0.39 is 5.97 Å². The summed E-state index contributed by atoms with van der Waals surface area (Å²) in [4.78, 5) is 15.8. The Morgan fingerprint density at radius 2 is 2.33 bits per heavy atom. The molecule has 1 saturated heterocycles. The molecule has 5 nitrogen and oxygen atoms in total. The number of carbonyl (C=O) groups is 1. The number of aromatic nitrogens is 1. The van der Waals surface area contributed by atoms with Gasteiger partial charge in [0.05, 0.1) is 7.11 Å². The maximum atomic E-state index is 11.4. The van der Waals surface area contributed by atoms with Gasteiger partial charge in [0.2, 0.25) is 0 Å². The molecule has 2 heterocycles. The van der Waals surface area contributed by atoms with E-state index in [4.69, 9.17) is 16.3 Å². The molecule has 0 bridgehead atoms. The Hall–Kier alpha value is -0.850. The molecule has 1 aliphatic heterocycles. The fraction of sp³-hybridized carbons (Fsp3) is 0.636. The summed E-state index contributed by atoms with van der Waals surface area (Å²) >= 11 is 7.10. The van der Waals surface area contributed by atoms with E-state index in [9.17, 15) is 4.79 Å². The van der Waals surface area contributed by atoms with Gasteiger partial charge < -0.3 is 14.8 Å². The lowest BCUT2D eigenvalue weighted by molar-refractivity contribution is 0.0606. The second-order valence-electron chi connectivity index (χ2n) is 4.07. The molecular formula is C11H15ClN2O3S.